The smallest absolute Gasteiger partial charge is 0.307 e. The van der Waals surface area contributed by atoms with E-state index in [1.807, 2.05) is 0 Å². The van der Waals surface area contributed by atoms with Crippen LogP contribution in [0.25, 0.3) is 0 Å². The molecule has 1 N–H and O–H groups in total. The zero-order valence-corrected chi connectivity index (χ0v) is 13.7. The summed E-state index contributed by atoms with van der Waals surface area (Å²) < 4.78 is 28.4. The highest BCUT2D eigenvalue weighted by molar-refractivity contribution is 7.86. The molecule has 2 saturated heterocycles. The van der Waals surface area contributed by atoms with Gasteiger partial charge in [0.25, 0.3) is 10.2 Å². The van der Waals surface area contributed by atoms with E-state index in [-0.39, 0.29) is 12.0 Å². The Labute approximate surface area is 127 Å². The first-order chi connectivity index (χ1) is 9.84. The summed E-state index contributed by atoms with van der Waals surface area (Å²) in [5.74, 6) is -1.47. The molecule has 2 heterocycles. The van der Waals surface area contributed by atoms with Crippen molar-refractivity contribution in [2.45, 2.75) is 46.0 Å². The molecular weight excluding hydrogens is 292 g/mol. The van der Waals surface area contributed by atoms with E-state index >= 15 is 0 Å². The van der Waals surface area contributed by atoms with E-state index in [1.165, 1.54) is 4.31 Å². The molecule has 0 spiro atoms. The Kier molecular flexibility index (Phi) is 4.95. The van der Waals surface area contributed by atoms with Crippen molar-refractivity contribution in [1.82, 2.24) is 8.61 Å². The van der Waals surface area contributed by atoms with Crippen LogP contribution in [-0.2, 0) is 15.0 Å². The third kappa shape index (κ3) is 3.24. The molecule has 2 aliphatic heterocycles. The van der Waals surface area contributed by atoms with Crippen LogP contribution in [0.5, 0.6) is 0 Å². The third-order valence-corrected chi connectivity index (χ3v) is 7.24. The predicted octanol–water partition coefficient (Wildman–Crippen LogP) is 1.54. The minimum Gasteiger partial charge on any atom is -0.481 e. The van der Waals surface area contributed by atoms with Gasteiger partial charge in [-0.25, -0.2) is 0 Å². The molecule has 6 nitrogen and oxygen atoms in total. The Morgan fingerprint density at radius 1 is 1.24 bits per heavy atom. The van der Waals surface area contributed by atoms with Crippen LogP contribution >= 0.6 is 0 Å². The van der Waals surface area contributed by atoms with Gasteiger partial charge in [0.2, 0.25) is 0 Å². The van der Waals surface area contributed by atoms with E-state index in [0.717, 1.165) is 19.3 Å². The first-order valence-corrected chi connectivity index (χ1v) is 9.22. The fourth-order valence-corrected chi connectivity index (χ4v) is 5.25. The molecule has 0 aliphatic carbocycles. The summed E-state index contributed by atoms with van der Waals surface area (Å²) in [5, 5.41) is 9.11. The molecule has 1 atom stereocenters. The standard InChI is InChI=1S/C14H26N2O4S/c1-3-14(4-2)7-9-16(11-14)21(19,20)15-8-5-6-12(10-15)13(17)18/h12H,3-11H2,1-2H3,(H,17,18). The van der Waals surface area contributed by atoms with Gasteiger partial charge in [-0.1, -0.05) is 13.8 Å². The van der Waals surface area contributed by atoms with Gasteiger partial charge in [0.05, 0.1) is 5.92 Å². The first kappa shape index (κ1) is 16.7. The number of aliphatic carboxylic acids is 1. The lowest BCUT2D eigenvalue weighted by Crippen LogP contribution is -2.48. The molecule has 2 aliphatic rings. The predicted molar refractivity (Wildman–Crippen MR) is 80.1 cm³/mol. The fourth-order valence-electron chi connectivity index (χ4n) is 3.44. The lowest BCUT2D eigenvalue weighted by molar-refractivity contribution is -0.142. The number of rotatable bonds is 5. The maximum absolute atomic E-state index is 12.7. The van der Waals surface area contributed by atoms with E-state index in [0.29, 0.717) is 32.5 Å². The summed E-state index contributed by atoms with van der Waals surface area (Å²) in [6.07, 6.45) is 4.04. The average Bonchev–Trinajstić information content (AvgIpc) is 2.93. The number of carboxylic acid groups (broad SMARTS) is 1. The molecular formula is C14H26N2O4S. The van der Waals surface area contributed by atoms with Crippen molar-refractivity contribution in [2.24, 2.45) is 11.3 Å². The quantitative estimate of drug-likeness (QED) is 0.834. The van der Waals surface area contributed by atoms with Crippen LogP contribution in [0.4, 0.5) is 0 Å². The molecule has 0 saturated carbocycles. The second-order valence-electron chi connectivity index (χ2n) is 6.33. The van der Waals surface area contributed by atoms with Crippen molar-refractivity contribution in [1.29, 1.82) is 0 Å². The largest absolute Gasteiger partial charge is 0.481 e. The lowest BCUT2D eigenvalue weighted by Gasteiger charge is -2.33. The van der Waals surface area contributed by atoms with Gasteiger partial charge in [-0.05, 0) is 37.5 Å². The summed E-state index contributed by atoms with van der Waals surface area (Å²) in [6, 6.07) is 0. The molecule has 0 aromatic carbocycles. The molecule has 21 heavy (non-hydrogen) atoms. The fraction of sp³-hybridized carbons (Fsp3) is 0.929. The van der Waals surface area contributed by atoms with Gasteiger partial charge < -0.3 is 5.11 Å². The van der Waals surface area contributed by atoms with E-state index < -0.39 is 22.1 Å². The summed E-state index contributed by atoms with van der Waals surface area (Å²) in [5.41, 5.74) is 0.0923. The number of carboxylic acids is 1. The van der Waals surface area contributed by atoms with Crippen molar-refractivity contribution in [3.05, 3.63) is 0 Å². The zero-order chi connectivity index (χ0) is 15.7. The molecule has 1 unspecified atom stereocenters. The minimum absolute atomic E-state index is 0.0923. The van der Waals surface area contributed by atoms with Gasteiger partial charge >= 0.3 is 5.97 Å². The van der Waals surface area contributed by atoms with Crippen molar-refractivity contribution in [3.63, 3.8) is 0 Å². The molecule has 0 radical (unpaired) electrons. The Morgan fingerprint density at radius 2 is 1.90 bits per heavy atom. The molecule has 0 amide bonds. The highest BCUT2D eigenvalue weighted by Crippen LogP contribution is 2.39. The Hall–Kier alpha value is -0.660. The summed E-state index contributed by atoms with van der Waals surface area (Å²) >= 11 is 0. The van der Waals surface area contributed by atoms with Gasteiger partial charge in [0.15, 0.2) is 0 Å². The molecule has 2 fully saturated rings. The molecule has 0 bridgehead atoms. The summed E-state index contributed by atoms with van der Waals surface area (Å²) in [7, 11) is -3.52. The summed E-state index contributed by atoms with van der Waals surface area (Å²) in [4.78, 5) is 11.1. The van der Waals surface area contributed by atoms with Gasteiger partial charge in [-0.15, -0.1) is 0 Å². The van der Waals surface area contributed by atoms with Gasteiger partial charge in [0, 0.05) is 26.2 Å². The van der Waals surface area contributed by atoms with E-state index in [2.05, 4.69) is 13.8 Å². The van der Waals surface area contributed by atoms with Crippen LogP contribution in [0.15, 0.2) is 0 Å². The second-order valence-corrected chi connectivity index (χ2v) is 8.26. The van der Waals surface area contributed by atoms with Crippen molar-refractivity contribution in [3.8, 4) is 0 Å². The Bertz CT molecular complexity index is 487. The SMILES string of the molecule is CCC1(CC)CCN(S(=O)(=O)N2CCCC(C(=O)O)C2)C1. The van der Waals surface area contributed by atoms with E-state index in [1.54, 1.807) is 4.31 Å². The van der Waals surface area contributed by atoms with Crippen LogP contribution in [0.2, 0.25) is 0 Å². The molecule has 7 heteroatoms. The monoisotopic (exact) mass is 318 g/mol. The van der Waals surface area contributed by atoms with Crippen LogP contribution in [-0.4, -0.2) is 54.3 Å². The highest BCUT2D eigenvalue weighted by Gasteiger charge is 2.43. The normalized spacial score (nSPS) is 27.8. The second kappa shape index (κ2) is 6.22. The van der Waals surface area contributed by atoms with Crippen LogP contribution in [0, 0.1) is 11.3 Å². The Morgan fingerprint density at radius 3 is 2.43 bits per heavy atom. The molecule has 122 valence electrons. The van der Waals surface area contributed by atoms with Gasteiger partial charge in [-0.3, -0.25) is 4.79 Å². The number of nitrogens with zero attached hydrogens (tertiary/aromatic N) is 2. The van der Waals surface area contributed by atoms with Gasteiger partial charge in [0.1, 0.15) is 0 Å². The number of carbonyl (C=O) groups is 1. The van der Waals surface area contributed by atoms with Crippen LogP contribution in [0.1, 0.15) is 46.0 Å². The average molecular weight is 318 g/mol. The van der Waals surface area contributed by atoms with Crippen LogP contribution < -0.4 is 0 Å². The number of hydrogen-bond donors (Lipinski definition) is 1. The molecule has 0 aromatic rings. The number of piperidine rings is 1. The van der Waals surface area contributed by atoms with Crippen LogP contribution in [0.3, 0.4) is 0 Å². The zero-order valence-electron chi connectivity index (χ0n) is 12.9. The molecule has 0 aromatic heterocycles. The minimum atomic E-state index is -3.52. The molecule has 2 rings (SSSR count). The topological polar surface area (TPSA) is 77.9 Å². The maximum Gasteiger partial charge on any atom is 0.307 e. The Balaban J connectivity index is 2.10. The van der Waals surface area contributed by atoms with Crippen molar-refractivity contribution < 1.29 is 18.3 Å². The number of hydrogen-bond acceptors (Lipinski definition) is 3. The first-order valence-electron chi connectivity index (χ1n) is 7.82. The maximum atomic E-state index is 12.7. The third-order valence-electron chi connectivity index (χ3n) is 5.29. The lowest BCUT2D eigenvalue weighted by atomic mass is 9.82. The van der Waals surface area contributed by atoms with Gasteiger partial charge in [-0.2, -0.15) is 17.0 Å². The van der Waals surface area contributed by atoms with E-state index in [4.69, 9.17) is 5.11 Å². The van der Waals surface area contributed by atoms with Crippen molar-refractivity contribution >= 4 is 16.2 Å². The summed E-state index contributed by atoms with van der Waals surface area (Å²) in [6.45, 7) is 5.89. The van der Waals surface area contributed by atoms with E-state index in [9.17, 15) is 13.2 Å². The van der Waals surface area contributed by atoms with Crippen molar-refractivity contribution in [2.75, 3.05) is 26.2 Å². The highest BCUT2D eigenvalue weighted by atomic mass is 32.2.